The van der Waals surface area contributed by atoms with Gasteiger partial charge in [-0.1, -0.05) is 51.1 Å². The highest BCUT2D eigenvalue weighted by Gasteiger charge is 2.18. The van der Waals surface area contributed by atoms with Crippen LogP contribution in [0.5, 0.6) is 11.5 Å². The molecular formula is C28H32N2O4. The smallest absolute Gasteiger partial charge is 0.255 e. The van der Waals surface area contributed by atoms with Crippen molar-refractivity contribution in [1.29, 1.82) is 0 Å². The molecule has 178 valence electrons. The van der Waals surface area contributed by atoms with E-state index in [1.807, 2.05) is 44.2 Å². The maximum atomic E-state index is 13.0. The number of ether oxygens (including phenoxy) is 2. The number of benzene rings is 3. The van der Waals surface area contributed by atoms with Crippen LogP contribution in [0.25, 0.3) is 0 Å². The zero-order valence-corrected chi connectivity index (χ0v) is 20.4. The maximum Gasteiger partial charge on any atom is 0.255 e. The van der Waals surface area contributed by atoms with E-state index >= 15 is 0 Å². The van der Waals surface area contributed by atoms with Crippen molar-refractivity contribution in [2.75, 3.05) is 23.8 Å². The van der Waals surface area contributed by atoms with Gasteiger partial charge in [0.2, 0.25) is 0 Å². The zero-order chi connectivity index (χ0) is 24.7. The lowest BCUT2D eigenvalue weighted by atomic mass is 9.87. The van der Waals surface area contributed by atoms with Crippen LogP contribution in [0.4, 0.5) is 11.4 Å². The van der Waals surface area contributed by atoms with Gasteiger partial charge in [0.15, 0.2) is 0 Å². The van der Waals surface area contributed by atoms with Gasteiger partial charge in [-0.05, 0) is 49.1 Å². The van der Waals surface area contributed by atoms with Crippen molar-refractivity contribution in [3.63, 3.8) is 0 Å². The molecule has 6 nitrogen and oxygen atoms in total. The predicted molar refractivity (Wildman–Crippen MR) is 136 cm³/mol. The first kappa shape index (κ1) is 24.8. The third-order valence-electron chi connectivity index (χ3n) is 5.23. The van der Waals surface area contributed by atoms with Gasteiger partial charge in [0, 0.05) is 23.3 Å². The topological polar surface area (TPSA) is 76.7 Å². The summed E-state index contributed by atoms with van der Waals surface area (Å²) in [6, 6.07) is 19.8. The van der Waals surface area contributed by atoms with Crippen molar-refractivity contribution in [3.8, 4) is 11.5 Å². The summed E-state index contributed by atoms with van der Waals surface area (Å²) in [5, 5.41) is 5.81. The normalized spacial score (nSPS) is 11.0. The summed E-state index contributed by atoms with van der Waals surface area (Å²) >= 11 is 0. The highest BCUT2D eigenvalue weighted by Crippen LogP contribution is 2.37. The Labute approximate surface area is 201 Å². The first-order chi connectivity index (χ1) is 16.2. The first-order valence-electron chi connectivity index (χ1n) is 11.4. The summed E-state index contributed by atoms with van der Waals surface area (Å²) in [5.74, 6) is 0.354. The van der Waals surface area contributed by atoms with Gasteiger partial charge in [0.05, 0.1) is 24.6 Å². The number of carbonyl (C=O) groups is 2. The van der Waals surface area contributed by atoms with Crippen molar-refractivity contribution >= 4 is 23.2 Å². The van der Waals surface area contributed by atoms with Gasteiger partial charge in [0.25, 0.3) is 11.8 Å². The molecule has 3 rings (SSSR count). The summed E-state index contributed by atoms with van der Waals surface area (Å²) in [7, 11) is 0. The fourth-order valence-corrected chi connectivity index (χ4v) is 3.41. The lowest BCUT2D eigenvalue weighted by molar-refractivity contribution is 0.101. The minimum absolute atomic E-state index is 0.00352. The lowest BCUT2D eigenvalue weighted by Gasteiger charge is -2.19. The standard InChI is InChI=1S/C28H32N2O4/c1-6-33-24-18-23(30-27(32)20-13-15-21(16-14-20)28(3,4)5)25(34-7-2)17-22(24)29-26(31)19-11-9-8-10-12-19/h8-18H,6-7H2,1-5H3,(H,29,31)(H,30,32). The number of hydrogen-bond acceptors (Lipinski definition) is 4. The predicted octanol–water partition coefficient (Wildman–Crippen LogP) is 6.29. The molecule has 0 heterocycles. The second kappa shape index (κ2) is 10.9. The third kappa shape index (κ3) is 6.16. The molecule has 0 atom stereocenters. The summed E-state index contributed by atoms with van der Waals surface area (Å²) < 4.78 is 11.5. The van der Waals surface area contributed by atoms with Gasteiger partial charge in [-0.15, -0.1) is 0 Å². The molecule has 2 amide bonds. The minimum Gasteiger partial charge on any atom is -0.492 e. The lowest BCUT2D eigenvalue weighted by Crippen LogP contribution is -2.16. The molecule has 0 radical (unpaired) electrons. The second-order valence-corrected chi connectivity index (χ2v) is 8.81. The molecule has 2 N–H and O–H groups in total. The van der Waals surface area contributed by atoms with E-state index in [1.54, 1.807) is 36.4 Å². The Hall–Kier alpha value is -3.80. The van der Waals surface area contributed by atoms with E-state index in [0.717, 1.165) is 5.56 Å². The Morgan fingerprint density at radius 1 is 0.706 bits per heavy atom. The van der Waals surface area contributed by atoms with E-state index in [-0.39, 0.29) is 17.2 Å². The minimum atomic E-state index is -0.264. The van der Waals surface area contributed by atoms with Crippen LogP contribution in [0.1, 0.15) is 60.9 Å². The van der Waals surface area contributed by atoms with Crippen LogP contribution in [0, 0.1) is 0 Å². The van der Waals surface area contributed by atoms with Crippen LogP contribution in [-0.4, -0.2) is 25.0 Å². The Bertz CT molecular complexity index is 1130. The summed E-state index contributed by atoms with van der Waals surface area (Å²) in [6.45, 7) is 10.9. The molecule has 34 heavy (non-hydrogen) atoms. The molecule has 0 aliphatic heterocycles. The van der Waals surface area contributed by atoms with Gasteiger partial charge in [-0.2, -0.15) is 0 Å². The van der Waals surface area contributed by atoms with Gasteiger partial charge in [0.1, 0.15) is 11.5 Å². The van der Waals surface area contributed by atoms with Crippen molar-refractivity contribution < 1.29 is 19.1 Å². The summed E-state index contributed by atoms with van der Waals surface area (Å²) in [4.78, 5) is 25.7. The molecule has 0 aliphatic rings. The van der Waals surface area contributed by atoms with E-state index in [1.165, 1.54) is 0 Å². The molecule has 0 aliphatic carbocycles. The number of hydrogen-bond donors (Lipinski definition) is 2. The molecule has 0 spiro atoms. The molecule has 0 saturated carbocycles. The van der Waals surface area contributed by atoms with Crippen LogP contribution in [-0.2, 0) is 5.41 Å². The van der Waals surface area contributed by atoms with E-state index in [0.29, 0.717) is 47.2 Å². The summed E-state index contributed by atoms with van der Waals surface area (Å²) in [5.41, 5.74) is 3.15. The van der Waals surface area contributed by atoms with Crippen molar-refractivity contribution in [2.24, 2.45) is 0 Å². The average Bonchev–Trinajstić information content (AvgIpc) is 2.82. The number of nitrogens with one attached hydrogen (secondary N) is 2. The average molecular weight is 461 g/mol. The largest absolute Gasteiger partial charge is 0.492 e. The number of carbonyl (C=O) groups excluding carboxylic acids is 2. The molecule has 0 saturated heterocycles. The van der Waals surface area contributed by atoms with Gasteiger partial charge >= 0.3 is 0 Å². The van der Waals surface area contributed by atoms with Gasteiger partial charge in [-0.3, -0.25) is 9.59 Å². The molecule has 3 aromatic carbocycles. The zero-order valence-electron chi connectivity index (χ0n) is 20.4. The van der Waals surface area contributed by atoms with Crippen LogP contribution < -0.4 is 20.1 Å². The van der Waals surface area contributed by atoms with Crippen molar-refractivity contribution in [3.05, 3.63) is 83.4 Å². The van der Waals surface area contributed by atoms with Crippen LogP contribution in [0.15, 0.2) is 66.7 Å². The molecule has 0 unspecified atom stereocenters. The van der Waals surface area contributed by atoms with E-state index in [4.69, 9.17) is 9.47 Å². The molecule has 0 bridgehead atoms. The number of rotatable bonds is 8. The number of amides is 2. The Morgan fingerprint density at radius 2 is 1.15 bits per heavy atom. The molecule has 0 fully saturated rings. The van der Waals surface area contributed by atoms with Crippen molar-refractivity contribution in [2.45, 2.75) is 40.0 Å². The fourth-order valence-electron chi connectivity index (χ4n) is 3.41. The molecule has 6 heteroatoms. The molecule has 0 aromatic heterocycles. The SMILES string of the molecule is CCOc1cc(NC(=O)c2ccc(C(C)(C)C)cc2)c(OCC)cc1NC(=O)c1ccccc1. The van der Waals surface area contributed by atoms with E-state index in [9.17, 15) is 9.59 Å². The monoisotopic (exact) mass is 460 g/mol. The van der Waals surface area contributed by atoms with Crippen LogP contribution in [0.2, 0.25) is 0 Å². The van der Waals surface area contributed by atoms with Crippen LogP contribution in [0.3, 0.4) is 0 Å². The van der Waals surface area contributed by atoms with Crippen LogP contribution >= 0.6 is 0 Å². The molecule has 3 aromatic rings. The van der Waals surface area contributed by atoms with Crippen molar-refractivity contribution in [1.82, 2.24) is 0 Å². The van der Waals surface area contributed by atoms with E-state index in [2.05, 4.69) is 31.4 Å². The first-order valence-corrected chi connectivity index (χ1v) is 11.4. The Kier molecular flexibility index (Phi) is 7.95. The maximum absolute atomic E-state index is 13.0. The highest BCUT2D eigenvalue weighted by molar-refractivity contribution is 6.07. The third-order valence-corrected chi connectivity index (χ3v) is 5.23. The van der Waals surface area contributed by atoms with Gasteiger partial charge in [-0.25, -0.2) is 0 Å². The van der Waals surface area contributed by atoms with E-state index < -0.39 is 0 Å². The second-order valence-electron chi connectivity index (χ2n) is 8.81. The molecular weight excluding hydrogens is 428 g/mol. The summed E-state index contributed by atoms with van der Waals surface area (Å²) in [6.07, 6.45) is 0. The van der Waals surface area contributed by atoms with Gasteiger partial charge < -0.3 is 20.1 Å². The Morgan fingerprint density at radius 3 is 1.56 bits per heavy atom. The fraction of sp³-hybridized carbons (Fsp3) is 0.286. The Balaban J connectivity index is 1.89. The quantitative estimate of drug-likeness (QED) is 0.414. The highest BCUT2D eigenvalue weighted by atomic mass is 16.5. The number of anilines is 2.